The van der Waals surface area contributed by atoms with E-state index >= 15 is 0 Å². The van der Waals surface area contributed by atoms with E-state index in [1.54, 1.807) is 19.2 Å². The molecule has 0 aliphatic rings. The quantitative estimate of drug-likeness (QED) is 0.791. The van der Waals surface area contributed by atoms with Crippen LogP contribution >= 0.6 is 15.9 Å². The molecule has 0 saturated carbocycles. The van der Waals surface area contributed by atoms with Crippen molar-refractivity contribution in [1.29, 1.82) is 0 Å². The van der Waals surface area contributed by atoms with Crippen LogP contribution in [0.4, 0.5) is 0 Å². The number of aliphatic hydroxyl groups excluding tert-OH is 1. The number of rotatable bonds is 3. The van der Waals surface area contributed by atoms with Crippen LogP contribution in [0.3, 0.4) is 0 Å². The zero-order valence-corrected chi connectivity index (χ0v) is 13.0. The van der Waals surface area contributed by atoms with E-state index in [9.17, 15) is 9.90 Å². The SMILES string of the molecule is Cn1c(=O)oc2cc(C(O)Cc3ccc(Br)cc3)ccc21. The second kappa shape index (κ2) is 5.50. The molecule has 0 fully saturated rings. The number of hydrogen-bond donors (Lipinski definition) is 1. The smallest absolute Gasteiger partial charge is 0.408 e. The Morgan fingerprint density at radius 1 is 1.24 bits per heavy atom. The maximum Gasteiger partial charge on any atom is 0.419 e. The molecule has 0 saturated heterocycles. The fourth-order valence-corrected chi connectivity index (χ4v) is 2.58. The van der Waals surface area contributed by atoms with Crippen LogP contribution in [-0.2, 0) is 13.5 Å². The lowest BCUT2D eigenvalue weighted by molar-refractivity contribution is 0.178. The molecule has 3 rings (SSSR count). The van der Waals surface area contributed by atoms with Gasteiger partial charge in [0.2, 0.25) is 0 Å². The number of aliphatic hydroxyl groups is 1. The van der Waals surface area contributed by atoms with Crippen LogP contribution in [0.5, 0.6) is 0 Å². The molecule has 3 aromatic rings. The second-order valence-corrected chi connectivity index (χ2v) is 5.92. The van der Waals surface area contributed by atoms with E-state index in [2.05, 4.69) is 15.9 Å². The van der Waals surface area contributed by atoms with Gasteiger partial charge in [0.1, 0.15) is 0 Å². The Morgan fingerprint density at radius 3 is 2.67 bits per heavy atom. The van der Waals surface area contributed by atoms with Crippen LogP contribution in [0.2, 0.25) is 0 Å². The zero-order valence-electron chi connectivity index (χ0n) is 11.4. The van der Waals surface area contributed by atoms with Gasteiger partial charge in [-0.05, 0) is 35.4 Å². The van der Waals surface area contributed by atoms with Crippen LogP contribution in [-0.4, -0.2) is 9.67 Å². The number of hydrogen-bond acceptors (Lipinski definition) is 3. The minimum absolute atomic E-state index is 0.399. The highest BCUT2D eigenvalue weighted by atomic mass is 79.9. The summed E-state index contributed by atoms with van der Waals surface area (Å²) in [5, 5.41) is 10.3. The van der Waals surface area contributed by atoms with Crippen LogP contribution in [0.1, 0.15) is 17.2 Å². The number of halogens is 1. The molecule has 1 heterocycles. The lowest BCUT2D eigenvalue weighted by Crippen LogP contribution is -2.08. The first-order chi connectivity index (χ1) is 10.0. The minimum atomic E-state index is -0.638. The van der Waals surface area contributed by atoms with Gasteiger partial charge < -0.3 is 9.52 Å². The van der Waals surface area contributed by atoms with Crippen molar-refractivity contribution >= 4 is 27.0 Å². The first-order valence-corrected chi connectivity index (χ1v) is 7.36. The molecule has 1 aromatic heterocycles. The molecule has 0 radical (unpaired) electrons. The van der Waals surface area contributed by atoms with E-state index in [0.717, 1.165) is 21.1 Å². The fraction of sp³-hybridized carbons (Fsp3) is 0.188. The molecular formula is C16H14BrNO3. The molecule has 4 nitrogen and oxygen atoms in total. The molecule has 1 unspecified atom stereocenters. The Kier molecular flexibility index (Phi) is 3.69. The summed E-state index contributed by atoms with van der Waals surface area (Å²) >= 11 is 3.39. The van der Waals surface area contributed by atoms with E-state index < -0.39 is 11.9 Å². The van der Waals surface area contributed by atoms with Gasteiger partial charge in [-0.15, -0.1) is 0 Å². The van der Waals surface area contributed by atoms with Gasteiger partial charge in [0, 0.05) is 17.9 Å². The number of aryl methyl sites for hydroxylation is 1. The summed E-state index contributed by atoms with van der Waals surface area (Å²) in [5.41, 5.74) is 2.99. The van der Waals surface area contributed by atoms with E-state index in [4.69, 9.17) is 4.42 Å². The monoisotopic (exact) mass is 347 g/mol. The lowest BCUT2D eigenvalue weighted by atomic mass is 10.0. The molecule has 5 heteroatoms. The summed E-state index contributed by atoms with van der Waals surface area (Å²) < 4.78 is 7.60. The Bertz CT molecular complexity index is 833. The highest BCUT2D eigenvalue weighted by Gasteiger charge is 2.12. The summed E-state index contributed by atoms with van der Waals surface area (Å²) in [6.45, 7) is 0. The van der Waals surface area contributed by atoms with Crippen molar-refractivity contribution in [2.24, 2.45) is 7.05 Å². The van der Waals surface area contributed by atoms with Gasteiger partial charge in [0.05, 0.1) is 11.6 Å². The van der Waals surface area contributed by atoms with Crippen molar-refractivity contribution in [2.75, 3.05) is 0 Å². The molecule has 108 valence electrons. The average Bonchev–Trinajstić information content (AvgIpc) is 2.76. The van der Waals surface area contributed by atoms with Crippen molar-refractivity contribution in [3.05, 3.63) is 68.6 Å². The van der Waals surface area contributed by atoms with Crippen LogP contribution < -0.4 is 5.76 Å². The zero-order chi connectivity index (χ0) is 15.0. The largest absolute Gasteiger partial charge is 0.419 e. The van der Waals surface area contributed by atoms with Gasteiger partial charge in [-0.1, -0.05) is 34.1 Å². The minimum Gasteiger partial charge on any atom is -0.408 e. The summed E-state index contributed by atoms with van der Waals surface area (Å²) in [7, 11) is 1.66. The maximum absolute atomic E-state index is 11.5. The van der Waals surface area contributed by atoms with Crippen molar-refractivity contribution in [3.63, 3.8) is 0 Å². The Labute approximate surface area is 129 Å². The highest BCUT2D eigenvalue weighted by Crippen LogP contribution is 2.23. The van der Waals surface area contributed by atoms with Gasteiger partial charge >= 0.3 is 5.76 Å². The van der Waals surface area contributed by atoms with Crippen LogP contribution in [0, 0.1) is 0 Å². The number of benzene rings is 2. The van der Waals surface area contributed by atoms with E-state index in [1.165, 1.54) is 4.57 Å². The first-order valence-electron chi connectivity index (χ1n) is 6.56. The van der Waals surface area contributed by atoms with Gasteiger partial charge in [0.25, 0.3) is 0 Å². The molecule has 0 amide bonds. The molecule has 0 spiro atoms. The predicted molar refractivity (Wildman–Crippen MR) is 84.3 cm³/mol. The first kappa shape index (κ1) is 14.1. The number of nitrogens with zero attached hydrogens (tertiary/aromatic N) is 1. The van der Waals surface area contributed by atoms with Gasteiger partial charge in [-0.25, -0.2) is 4.79 Å². The standard InChI is InChI=1S/C16H14BrNO3/c1-18-13-7-4-11(9-15(13)21-16(18)20)14(19)8-10-2-5-12(17)6-3-10/h2-7,9,14,19H,8H2,1H3. The van der Waals surface area contributed by atoms with Crippen LogP contribution in [0.25, 0.3) is 11.1 Å². The highest BCUT2D eigenvalue weighted by molar-refractivity contribution is 9.10. The lowest BCUT2D eigenvalue weighted by Gasteiger charge is -2.11. The van der Waals surface area contributed by atoms with Gasteiger partial charge in [-0.2, -0.15) is 0 Å². The van der Waals surface area contributed by atoms with Gasteiger partial charge in [-0.3, -0.25) is 4.57 Å². The molecule has 0 bridgehead atoms. The predicted octanol–water partition coefficient (Wildman–Crippen LogP) is 3.17. The number of oxazole rings is 1. The normalized spacial score (nSPS) is 12.7. The van der Waals surface area contributed by atoms with E-state index in [-0.39, 0.29) is 0 Å². The number of fused-ring (bicyclic) bond motifs is 1. The average molecular weight is 348 g/mol. The Hall–Kier alpha value is -1.85. The molecule has 1 N–H and O–H groups in total. The summed E-state index contributed by atoms with van der Waals surface area (Å²) in [5.74, 6) is -0.399. The van der Waals surface area contributed by atoms with Crippen LogP contribution in [0.15, 0.2) is 56.1 Å². The second-order valence-electron chi connectivity index (χ2n) is 5.00. The van der Waals surface area contributed by atoms with E-state index in [1.807, 2.05) is 30.3 Å². The third-order valence-electron chi connectivity index (χ3n) is 3.54. The van der Waals surface area contributed by atoms with Crippen molar-refractivity contribution in [3.8, 4) is 0 Å². The third-order valence-corrected chi connectivity index (χ3v) is 4.07. The molecule has 0 aliphatic heterocycles. The molecule has 2 aromatic carbocycles. The molecule has 21 heavy (non-hydrogen) atoms. The summed E-state index contributed by atoms with van der Waals surface area (Å²) in [6, 6.07) is 13.2. The van der Waals surface area contributed by atoms with Crippen molar-refractivity contribution in [2.45, 2.75) is 12.5 Å². The Morgan fingerprint density at radius 2 is 1.95 bits per heavy atom. The molecular weight excluding hydrogens is 334 g/mol. The number of aromatic nitrogens is 1. The topological polar surface area (TPSA) is 55.4 Å². The fourth-order valence-electron chi connectivity index (χ4n) is 2.32. The van der Waals surface area contributed by atoms with Crippen molar-refractivity contribution < 1.29 is 9.52 Å². The summed E-state index contributed by atoms with van der Waals surface area (Å²) in [4.78, 5) is 11.5. The van der Waals surface area contributed by atoms with Gasteiger partial charge in [0.15, 0.2) is 5.58 Å². The van der Waals surface area contributed by atoms with Crippen molar-refractivity contribution in [1.82, 2.24) is 4.57 Å². The Balaban J connectivity index is 1.89. The molecule has 0 aliphatic carbocycles. The summed E-state index contributed by atoms with van der Waals surface area (Å²) in [6.07, 6.45) is -0.128. The van der Waals surface area contributed by atoms with E-state index in [0.29, 0.717) is 12.0 Å². The molecule has 1 atom stereocenters. The third kappa shape index (κ3) is 2.80. The maximum atomic E-state index is 11.5.